The number of carbonyl (C=O) groups excluding carboxylic acids is 2. The molecule has 0 aliphatic heterocycles. The third-order valence-electron chi connectivity index (χ3n) is 3.54. The van der Waals surface area contributed by atoms with E-state index in [1.165, 1.54) is 18.4 Å². The molecule has 1 atom stereocenters. The van der Waals surface area contributed by atoms with Crippen molar-refractivity contribution in [1.29, 1.82) is 0 Å². The van der Waals surface area contributed by atoms with Crippen LogP contribution in [0.4, 0.5) is 0 Å². The lowest BCUT2D eigenvalue weighted by atomic mass is 10.1. The zero-order valence-electron chi connectivity index (χ0n) is 13.3. The molecule has 1 amide bonds. The topological polar surface area (TPSA) is 94.3 Å². The van der Waals surface area contributed by atoms with Crippen molar-refractivity contribution in [1.82, 2.24) is 15.5 Å². The van der Waals surface area contributed by atoms with Crippen LogP contribution in [0.2, 0.25) is 0 Å². The summed E-state index contributed by atoms with van der Waals surface area (Å²) in [6.07, 6.45) is 0. The van der Waals surface area contributed by atoms with E-state index in [9.17, 15) is 9.59 Å². The van der Waals surface area contributed by atoms with Gasteiger partial charge in [0.1, 0.15) is 6.04 Å². The van der Waals surface area contributed by atoms with E-state index in [0.717, 1.165) is 4.88 Å². The van der Waals surface area contributed by atoms with Crippen molar-refractivity contribution in [2.24, 2.45) is 0 Å². The Bertz CT molecular complexity index is 902. The quantitative estimate of drug-likeness (QED) is 0.730. The SMILES string of the molecule is COC(=O)[C@H](C)NC(=O)c1cc(-c2cccs2)nc2onc(C)c12. The third-order valence-corrected chi connectivity index (χ3v) is 4.43. The minimum atomic E-state index is -0.768. The Labute approximate surface area is 141 Å². The second-order valence-electron chi connectivity index (χ2n) is 5.20. The molecule has 0 spiro atoms. The fraction of sp³-hybridized carbons (Fsp3) is 0.250. The molecule has 3 heterocycles. The van der Waals surface area contributed by atoms with Crippen LogP contribution in [0.1, 0.15) is 23.0 Å². The van der Waals surface area contributed by atoms with Crippen molar-refractivity contribution in [2.45, 2.75) is 19.9 Å². The van der Waals surface area contributed by atoms with Crippen LogP contribution in [0.5, 0.6) is 0 Å². The van der Waals surface area contributed by atoms with E-state index in [4.69, 9.17) is 4.52 Å². The van der Waals surface area contributed by atoms with Gasteiger partial charge in [-0.1, -0.05) is 11.2 Å². The lowest BCUT2D eigenvalue weighted by Crippen LogP contribution is -2.39. The number of carbonyl (C=O) groups is 2. The van der Waals surface area contributed by atoms with Gasteiger partial charge in [0.2, 0.25) is 0 Å². The fourth-order valence-corrected chi connectivity index (χ4v) is 3.02. The zero-order chi connectivity index (χ0) is 17.3. The summed E-state index contributed by atoms with van der Waals surface area (Å²) < 4.78 is 9.86. The molecule has 0 aromatic carbocycles. The maximum atomic E-state index is 12.6. The Balaban J connectivity index is 2.06. The van der Waals surface area contributed by atoms with Crippen molar-refractivity contribution in [3.63, 3.8) is 0 Å². The number of rotatable bonds is 4. The van der Waals surface area contributed by atoms with Gasteiger partial charge >= 0.3 is 5.97 Å². The summed E-state index contributed by atoms with van der Waals surface area (Å²) in [5.41, 5.74) is 1.82. The van der Waals surface area contributed by atoms with Crippen LogP contribution in [0.3, 0.4) is 0 Å². The average Bonchev–Trinajstić information content (AvgIpc) is 3.23. The molecule has 0 aliphatic rings. The van der Waals surface area contributed by atoms with Gasteiger partial charge < -0.3 is 14.6 Å². The van der Waals surface area contributed by atoms with Crippen molar-refractivity contribution < 1.29 is 18.8 Å². The number of hydrogen-bond donors (Lipinski definition) is 1. The summed E-state index contributed by atoms with van der Waals surface area (Å²) in [7, 11) is 1.27. The molecule has 124 valence electrons. The molecule has 0 saturated carbocycles. The molecule has 8 heteroatoms. The summed E-state index contributed by atoms with van der Waals surface area (Å²) in [6, 6.07) is 4.71. The molecule has 0 bridgehead atoms. The molecule has 3 aromatic rings. The molecule has 1 N–H and O–H groups in total. The molecule has 0 unspecified atom stereocenters. The normalized spacial score (nSPS) is 12.1. The predicted octanol–water partition coefficient (Wildman–Crippen LogP) is 2.55. The molecule has 3 rings (SSSR count). The zero-order valence-corrected chi connectivity index (χ0v) is 14.1. The average molecular weight is 345 g/mol. The van der Waals surface area contributed by atoms with E-state index in [0.29, 0.717) is 22.3 Å². The number of nitrogens with one attached hydrogen (secondary N) is 1. The van der Waals surface area contributed by atoms with E-state index < -0.39 is 17.9 Å². The lowest BCUT2D eigenvalue weighted by Gasteiger charge is -2.12. The van der Waals surface area contributed by atoms with Gasteiger partial charge in [0, 0.05) is 0 Å². The first-order chi connectivity index (χ1) is 11.5. The van der Waals surface area contributed by atoms with Gasteiger partial charge in [0.05, 0.1) is 34.3 Å². The summed E-state index contributed by atoms with van der Waals surface area (Å²) >= 11 is 1.50. The molecule has 0 radical (unpaired) electrons. The van der Waals surface area contributed by atoms with Gasteiger partial charge in [-0.25, -0.2) is 9.78 Å². The smallest absolute Gasteiger partial charge is 0.328 e. The van der Waals surface area contributed by atoms with Crippen molar-refractivity contribution in [3.05, 3.63) is 34.8 Å². The number of amides is 1. The van der Waals surface area contributed by atoms with Gasteiger partial charge in [-0.15, -0.1) is 11.3 Å². The summed E-state index contributed by atoms with van der Waals surface area (Å²) in [4.78, 5) is 29.5. The Morgan fingerprint density at radius 1 is 1.42 bits per heavy atom. The maximum Gasteiger partial charge on any atom is 0.328 e. The van der Waals surface area contributed by atoms with Crippen LogP contribution in [0.15, 0.2) is 28.1 Å². The van der Waals surface area contributed by atoms with E-state index in [1.807, 2.05) is 17.5 Å². The summed E-state index contributed by atoms with van der Waals surface area (Å²) in [6.45, 7) is 3.29. The van der Waals surface area contributed by atoms with Crippen LogP contribution in [-0.4, -0.2) is 35.2 Å². The second kappa shape index (κ2) is 6.40. The standard InChI is InChI=1S/C16H15N3O4S/c1-8-13-10(14(20)17-9(2)16(21)22-3)7-11(12-5-4-6-24-12)18-15(13)23-19-8/h4-7,9H,1-3H3,(H,17,20)/t9-/m0/s1. The van der Waals surface area contributed by atoms with E-state index in [-0.39, 0.29) is 5.71 Å². The van der Waals surface area contributed by atoms with Gasteiger partial charge in [0.25, 0.3) is 11.6 Å². The maximum absolute atomic E-state index is 12.6. The molecular weight excluding hydrogens is 330 g/mol. The molecule has 0 aliphatic carbocycles. The molecule has 3 aromatic heterocycles. The number of pyridine rings is 1. The Hall–Kier alpha value is -2.74. The third kappa shape index (κ3) is 2.88. The van der Waals surface area contributed by atoms with E-state index in [1.54, 1.807) is 19.9 Å². The van der Waals surface area contributed by atoms with E-state index >= 15 is 0 Å². The minimum absolute atomic E-state index is 0.286. The van der Waals surface area contributed by atoms with Crippen LogP contribution >= 0.6 is 11.3 Å². The predicted molar refractivity (Wildman–Crippen MR) is 88.8 cm³/mol. The van der Waals surface area contributed by atoms with Crippen molar-refractivity contribution in [2.75, 3.05) is 7.11 Å². The highest BCUT2D eigenvalue weighted by Crippen LogP contribution is 2.29. The van der Waals surface area contributed by atoms with Gasteiger partial charge in [-0.3, -0.25) is 4.79 Å². The molecular formula is C16H15N3O4S. The molecule has 24 heavy (non-hydrogen) atoms. The summed E-state index contributed by atoms with van der Waals surface area (Å²) in [5.74, 6) is -0.932. The minimum Gasteiger partial charge on any atom is -0.467 e. The Morgan fingerprint density at radius 2 is 2.21 bits per heavy atom. The first-order valence-electron chi connectivity index (χ1n) is 7.21. The monoisotopic (exact) mass is 345 g/mol. The number of aromatic nitrogens is 2. The van der Waals surface area contributed by atoms with Crippen LogP contribution in [0, 0.1) is 6.92 Å². The van der Waals surface area contributed by atoms with Crippen molar-refractivity contribution in [3.8, 4) is 10.6 Å². The fourth-order valence-electron chi connectivity index (χ4n) is 2.33. The van der Waals surface area contributed by atoms with Crippen molar-refractivity contribution >= 4 is 34.3 Å². The van der Waals surface area contributed by atoms with Gasteiger partial charge in [-0.05, 0) is 31.4 Å². The molecule has 0 fully saturated rings. The van der Waals surface area contributed by atoms with Gasteiger partial charge in [-0.2, -0.15) is 0 Å². The number of esters is 1. The second-order valence-corrected chi connectivity index (χ2v) is 6.15. The lowest BCUT2D eigenvalue weighted by molar-refractivity contribution is -0.142. The highest BCUT2D eigenvalue weighted by Gasteiger charge is 2.23. The van der Waals surface area contributed by atoms with Gasteiger partial charge in [0.15, 0.2) is 0 Å². The first kappa shape index (κ1) is 16.1. The highest BCUT2D eigenvalue weighted by atomic mass is 32.1. The number of hydrogen-bond acceptors (Lipinski definition) is 7. The van der Waals surface area contributed by atoms with Crippen LogP contribution in [-0.2, 0) is 9.53 Å². The number of nitrogens with zero attached hydrogens (tertiary/aromatic N) is 2. The number of thiophene rings is 1. The number of aryl methyl sites for hydroxylation is 1. The largest absolute Gasteiger partial charge is 0.467 e. The highest BCUT2D eigenvalue weighted by molar-refractivity contribution is 7.13. The summed E-state index contributed by atoms with van der Waals surface area (Å²) in [5, 5.41) is 8.96. The Kier molecular flexibility index (Phi) is 4.30. The van der Waals surface area contributed by atoms with E-state index in [2.05, 4.69) is 20.2 Å². The molecule has 0 saturated heterocycles. The Morgan fingerprint density at radius 3 is 2.88 bits per heavy atom. The number of fused-ring (bicyclic) bond motifs is 1. The molecule has 7 nitrogen and oxygen atoms in total. The number of methoxy groups -OCH3 is 1. The number of ether oxygens (including phenoxy) is 1. The first-order valence-corrected chi connectivity index (χ1v) is 8.09. The van der Waals surface area contributed by atoms with Crippen LogP contribution < -0.4 is 5.32 Å². The van der Waals surface area contributed by atoms with Crippen LogP contribution in [0.25, 0.3) is 21.7 Å².